The van der Waals surface area contributed by atoms with E-state index in [4.69, 9.17) is 10.00 Å². The van der Waals surface area contributed by atoms with Crippen molar-refractivity contribution < 1.29 is 19.1 Å². The summed E-state index contributed by atoms with van der Waals surface area (Å²) in [5.41, 5.74) is 0.756. The van der Waals surface area contributed by atoms with Crippen LogP contribution in [0.1, 0.15) is 71.0 Å². The van der Waals surface area contributed by atoms with E-state index in [1.807, 2.05) is 35.8 Å². The summed E-state index contributed by atoms with van der Waals surface area (Å²) in [6.07, 6.45) is 1.39. The molecular weight excluding hydrogens is 496 g/mol. The predicted molar refractivity (Wildman–Crippen MR) is 143 cm³/mol. The molecule has 208 valence electrons. The van der Waals surface area contributed by atoms with E-state index in [0.717, 1.165) is 12.0 Å². The van der Waals surface area contributed by atoms with E-state index in [1.165, 1.54) is 0 Å². The minimum absolute atomic E-state index is 0.0345. The first-order chi connectivity index (χ1) is 18.3. The van der Waals surface area contributed by atoms with Gasteiger partial charge in [-0.1, -0.05) is 12.1 Å². The van der Waals surface area contributed by atoms with Gasteiger partial charge in [-0.3, -0.25) is 14.5 Å². The van der Waals surface area contributed by atoms with Gasteiger partial charge in [0.05, 0.1) is 29.8 Å². The standard InChI is InChI=1S/C29H38N6O4/c1-17-11-25(27(37)34(17)18(2)20-9-7-19(14-30)8-10-20)33(6)16-23(32-28(38)39-29(3,4)5)26(36)35-22(15-31)12-21-13-24(21)35/h7-10,17-18,21-25H,11-13,16H2,1-6H3,(H,32,38)/t17-,18+,21+,22?,23?,24?,25?/m1/s1. The van der Waals surface area contributed by atoms with E-state index in [0.29, 0.717) is 24.3 Å². The number of benzene rings is 1. The van der Waals surface area contributed by atoms with Gasteiger partial charge in [-0.15, -0.1) is 0 Å². The summed E-state index contributed by atoms with van der Waals surface area (Å²) >= 11 is 0. The van der Waals surface area contributed by atoms with Crippen molar-refractivity contribution in [3.8, 4) is 12.1 Å². The van der Waals surface area contributed by atoms with E-state index in [9.17, 15) is 19.6 Å². The lowest BCUT2D eigenvalue weighted by molar-refractivity contribution is -0.138. The van der Waals surface area contributed by atoms with Crippen LogP contribution in [0.5, 0.6) is 0 Å². The number of likely N-dealkylation sites (tertiary alicyclic amines) is 2. The number of ether oxygens (including phenoxy) is 1. The van der Waals surface area contributed by atoms with Gasteiger partial charge < -0.3 is 19.9 Å². The van der Waals surface area contributed by atoms with Crippen LogP contribution in [0.4, 0.5) is 4.79 Å². The number of hydrogen-bond donors (Lipinski definition) is 1. The third kappa shape index (κ3) is 6.02. The van der Waals surface area contributed by atoms with Gasteiger partial charge in [-0.05, 0) is 84.5 Å². The normalized spacial score (nSPS) is 27.4. The Labute approximate surface area is 230 Å². The summed E-state index contributed by atoms with van der Waals surface area (Å²) in [6, 6.07) is 9.42. The molecular formula is C29H38N6O4. The summed E-state index contributed by atoms with van der Waals surface area (Å²) in [5.74, 6) is -0.0257. The second kappa shape index (κ2) is 10.9. The van der Waals surface area contributed by atoms with Gasteiger partial charge in [0, 0.05) is 18.6 Å². The molecule has 1 N–H and O–H groups in total. The fourth-order valence-electron chi connectivity index (χ4n) is 5.98. The number of rotatable bonds is 7. The Morgan fingerprint density at radius 3 is 2.44 bits per heavy atom. The number of carbonyl (C=O) groups excluding carboxylic acids is 3. The fourth-order valence-corrected chi connectivity index (χ4v) is 5.98. The van der Waals surface area contributed by atoms with Crippen LogP contribution >= 0.6 is 0 Å². The smallest absolute Gasteiger partial charge is 0.408 e. The van der Waals surface area contributed by atoms with Crippen LogP contribution in [0.15, 0.2) is 24.3 Å². The molecule has 39 heavy (non-hydrogen) atoms. The van der Waals surface area contributed by atoms with E-state index in [1.54, 1.807) is 44.9 Å². The number of nitrogens with one attached hydrogen (secondary N) is 1. The Morgan fingerprint density at radius 1 is 1.18 bits per heavy atom. The van der Waals surface area contributed by atoms with E-state index in [2.05, 4.69) is 17.5 Å². The van der Waals surface area contributed by atoms with E-state index in [-0.39, 0.29) is 36.5 Å². The van der Waals surface area contributed by atoms with Crippen molar-refractivity contribution in [2.24, 2.45) is 5.92 Å². The monoisotopic (exact) mass is 534 g/mol. The minimum Gasteiger partial charge on any atom is -0.444 e. The van der Waals surface area contributed by atoms with Crippen LogP contribution in [0.3, 0.4) is 0 Å². The maximum Gasteiger partial charge on any atom is 0.408 e. The van der Waals surface area contributed by atoms with Crippen LogP contribution in [-0.2, 0) is 14.3 Å². The number of piperidine rings is 1. The Balaban J connectivity index is 1.50. The van der Waals surface area contributed by atoms with Gasteiger partial charge in [0.1, 0.15) is 17.7 Å². The number of amides is 3. The summed E-state index contributed by atoms with van der Waals surface area (Å²) in [7, 11) is 1.79. The molecule has 0 spiro atoms. The van der Waals surface area contributed by atoms with Gasteiger partial charge in [0.15, 0.2) is 0 Å². The first kappa shape index (κ1) is 28.4. The molecule has 1 aromatic rings. The highest BCUT2D eigenvalue weighted by molar-refractivity contribution is 5.88. The van der Waals surface area contributed by atoms with Crippen molar-refractivity contribution in [3.05, 3.63) is 35.4 Å². The number of hydrogen-bond acceptors (Lipinski definition) is 7. The molecule has 2 aliphatic heterocycles. The average molecular weight is 535 g/mol. The Hall–Kier alpha value is -3.63. The number of fused-ring (bicyclic) bond motifs is 1. The molecule has 0 aromatic heterocycles. The predicted octanol–water partition coefficient (Wildman–Crippen LogP) is 2.95. The SMILES string of the molecule is C[C@@H]1CC(N(C)CC(NC(=O)OC(C)(C)C)C(=O)N2C(C#N)C[C@H]3CC32)C(=O)N1[C@@H](C)c1ccc(C#N)cc1. The van der Waals surface area contributed by atoms with Gasteiger partial charge in [0.2, 0.25) is 11.8 Å². The molecule has 1 aliphatic carbocycles. The first-order valence-corrected chi connectivity index (χ1v) is 13.6. The largest absolute Gasteiger partial charge is 0.444 e. The van der Waals surface area contributed by atoms with Crippen LogP contribution < -0.4 is 5.32 Å². The lowest BCUT2D eigenvalue weighted by atomic mass is 10.0. The van der Waals surface area contributed by atoms with Crippen LogP contribution in [0.2, 0.25) is 0 Å². The Bertz CT molecular complexity index is 1200. The number of carbonyl (C=O) groups is 3. The van der Waals surface area contributed by atoms with Crippen LogP contribution in [-0.4, -0.2) is 82.0 Å². The summed E-state index contributed by atoms with van der Waals surface area (Å²) in [4.78, 5) is 45.4. The molecule has 2 heterocycles. The molecule has 1 aromatic carbocycles. The topological polar surface area (TPSA) is 130 Å². The highest BCUT2D eigenvalue weighted by Crippen LogP contribution is 2.47. The average Bonchev–Trinajstić information content (AvgIpc) is 3.43. The zero-order chi connectivity index (χ0) is 28.6. The van der Waals surface area contributed by atoms with Crippen molar-refractivity contribution in [2.75, 3.05) is 13.6 Å². The summed E-state index contributed by atoms with van der Waals surface area (Å²) in [5, 5.41) is 21.5. The van der Waals surface area contributed by atoms with Crippen molar-refractivity contribution in [2.45, 2.75) is 95.7 Å². The number of nitriles is 2. The highest BCUT2D eigenvalue weighted by atomic mass is 16.6. The quantitative estimate of drug-likeness (QED) is 0.569. The maximum atomic E-state index is 13.7. The van der Waals surface area contributed by atoms with Crippen LogP contribution in [0, 0.1) is 28.6 Å². The molecule has 3 aliphatic rings. The molecule has 10 heteroatoms. The Kier molecular flexibility index (Phi) is 7.90. The number of nitrogens with zero attached hydrogens (tertiary/aromatic N) is 5. The summed E-state index contributed by atoms with van der Waals surface area (Å²) < 4.78 is 5.43. The molecule has 2 saturated heterocycles. The molecule has 0 radical (unpaired) electrons. The zero-order valence-corrected chi connectivity index (χ0v) is 23.5. The van der Waals surface area contributed by atoms with Gasteiger partial charge in [-0.2, -0.15) is 10.5 Å². The molecule has 0 bridgehead atoms. The third-order valence-electron chi connectivity index (χ3n) is 8.02. The Morgan fingerprint density at radius 2 is 1.85 bits per heavy atom. The van der Waals surface area contributed by atoms with Crippen molar-refractivity contribution >= 4 is 17.9 Å². The summed E-state index contributed by atoms with van der Waals surface area (Å²) in [6.45, 7) is 9.32. The third-order valence-corrected chi connectivity index (χ3v) is 8.02. The van der Waals surface area contributed by atoms with Gasteiger partial charge in [0.25, 0.3) is 0 Å². The van der Waals surface area contributed by atoms with Gasteiger partial charge in [-0.25, -0.2) is 4.79 Å². The maximum absolute atomic E-state index is 13.7. The second-order valence-corrected chi connectivity index (χ2v) is 12.1. The highest BCUT2D eigenvalue weighted by Gasteiger charge is 2.55. The molecule has 4 rings (SSSR count). The lowest BCUT2D eigenvalue weighted by Crippen LogP contribution is -2.57. The molecule has 3 fully saturated rings. The molecule has 4 unspecified atom stereocenters. The first-order valence-electron chi connectivity index (χ1n) is 13.6. The van der Waals surface area contributed by atoms with Crippen LogP contribution in [0.25, 0.3) is 0 Å². The van der Waals surface area contributed by atoms with Crippen molar-refractivity contribution in [3.63, 3.8) is 0 Å². The van der Waals surface area contributed by atoms with E-state index >= 15 is 0 Å². The molecule has 10 nitrogen and oxygen atoms in total. The van der Waals surface area contributed by atoms with Crippen molar-refractivity contribution in [1.82, 2.24) is 20.0 Å². The fraction of sp³-hybridized carbons (Fsp3) is 0.621. The molecule has 3 amide bonds. The molecule has 7 atom stereocenters. The van der Waals surface area contributed by atoms with Crippen molar-refractivity contribution in [1.29, 1.82) is 10.5 Å². The number of alkyl carbamates (subject to hydrolysis) is 1. The minimum atomic E-state index is -0.965. The second-order valence-electron chi connectivity index (χ2n) is 12.1. The molecule has 1 saturated carbocycles. The number of likely N-dealkylation sites (N-methyl/N-ethyl adjacent to an activating group) is 1. The zero-order valence-electron chi connectivity index (χ0n) is 23.5. The van der Waals surface area contributed by atoms with E-state index < -0.39 is 29.8 Å². The lowest BCUT2D eigenvalue weighted by Gasteiger charge is -2.33. The van der Waals surface area contributed by atoms with Gasteiger partial charge >= 0.3 is 6.09 Å².